The second-order valence-corrected chi connectivity index (χ2v) is 9.33. The molecule has 3 aromatic carbocycles. The fourth-order valence-electron chi connectivity index (χ4n) is 4.88. The highest BCUT2D eigenvalue weighted by atomic mass is 19.1. The van der Waals surface area contributed by atoms with Gasteiger partial charge in [-0.15, -0.1) is 0 Å². The molecule has 0 aromatic heterocycles. The molecule has 5 rings (SSSR count). The second-order valence-electron chi connectivity index (χ2n) is 9.33. The number of carbonyl (C=O) groups excluding carboxylic acids is 1. The van der Waals surface area contributed by atoms with Crippen LogP contribution in [0.4, 0.5) is 15.8 Å². The van der Waals surface area contributed by atoms with Gasteiger partial charge < -0.3 is 9.64 Å². The Bertz CT molecular complexity index is 1340. The summed E-state index contributed by atoms with van der Waals surface area (Å²) in [4.78, 5) is 28.2. The van der Waals surface area contributed by atoms with E-state index >= 15 is 0 Å². The van der Waals surface area contributed by atoms with Gasteiger partial charge >= 0.3 is 0 Å². The van der Waals surface area contributed by atoms with E-state index in [1.165, 1.54) is 29.3 Å². The highest BCUT2D eigenvalue weighted by Crippen LogP contribution is 2.33. The van der Waals surface area contributed by atoms with Crippen LogP contribution >= 0.6 is 0 Å². The monoisotopic (exact) mass is 517 g/mol. The predicted octanol–water partition coefficient (Wildman–Crippen LogP) is 4.24. The predicted molar refractivity (Wildman–Crippen MR) is 142 cm³/mol. The first kappa shape index (κ1) is 25.3. The average molecular weight is 518 g/mol. The van der Waals surface area contributed by atoms with Gasteiger partial charge in [-0.2, -0.15) is 5.10 Å². The van der Waals surface area contributed by atoms with Crippen LogP contribution in [0.5, 0.6) is 5.75 Å². The van der Waals surface area contributed by atoms with E-state index in [4.69, 9.17) is 9.84 Å². The van der Waals surface area contributed by atoms with Crippen molar-refractivity contribution >= 4 is 23.0 Å². The third kappa shape index (κ3) is 5.50. The Morgan fingerprint density at radius 1 is 1.05 bits per heavy atom. The third-order valence-electron chi connectivity index (χ3n) is 6.98. The van der Waals surface area contributed by atoms with E-state index in [0.29, 0.717) is 38.2 Å². The number of ether oxygens (including phenoxy) is 1. The minimum atomic E-state index is -0.411. The molecule has 38 heavy (non-hydrogen) atoms. The third-order valence-corrected chi connectivity index (χ3v) is 6.98. The van der Waals surface area contributed by atoms with Crippen LogP contribution in [0.25, 0.3) is 0 Å². The van der Waals surface area contributed by atoms with Crippen LogP contribution < -0.4 is 9.64 Å². The van der Waals surface area contributed by atoms with E-state index in [2.05, 4.69) is 9.80 Å². The molecular formula is C28H28FN5O4. The topological polar surface area (TPSA) is 91.5 Å². The minimum Gasteiger partial charge on any atom is -0.497 e. The number of halogens is 1. The summed E-state index contributed by atoms with van der Waals surface area (Å²) in [6, 6.07) is 20.0. The molecule has 0 radical (unpaired) electrons. The zero-order valence-electron chi connectivity index (χ0n) is 21.0. The number of hydrogen-bond acceptors (Lipinski definition) is 7. The molecule has 2 aliphatic heterocycles. The first-order valence-corrected chi connectivity index (χ1v) is 12.4. The van der Waals surface area contributed by atoms with Crippen LogP contribution in [-0.2, 0) is 4.79 Å². The molecule has 2 heterocycles. The molecule has 1 saturated heterocycles. The standard InChI is InChI=1S/C28H28FN5O4/c1-38-25-11-5-20(6-12-25)26-18-27(21-3-2-4-22(29)17-21)33(30-26)28(35)19-31-13-15-32(16-14-31)23-7-9-24(10-8-23)34(36)37/h2-12,17,27H,13-16,18-19H2,1H3/t27-/m1/s1. The minimum absolute atomic E-state index is 0.0611. The van der Waals surface area contributed by atoms with Crippen molar-refractivity contribution in [2.45, 2.75) is 12.5 Å². The van der Waals surface area contributed by atoms with Crippen LogP contribution in [0, 0.1) is 15.9 Å². The van der Waals surface area contributed by atoms with Crippen molar-refractivity contribution in [3.63, 3.8) is 0 Å². The van der Waals surface area contributed by atoms with Gasteiger partial charge in [0.15, 0.2) is 0 Å². The summed E-state index contributed by atoms with van der Waals surface area (Å²) in [6.45, 7) is 2.91. The molecule has 0 N–H and O–H groups in total. The lowest BCUT2D eigenvalue weighted by atomic mass is 9.98. The summed E-state index contributed by atoms with van der Waals surface area (Å²) in [5.74, 6) is 0.233. The van der Waals surface area contributed by atoms with E-state index < -0.39 is 11.0 Å². The summed E-state index contributed by atoms with van der Waals surface area (Å²) in [6.07, 6.45) is 0.482. The number of carbonyl (C=O) groups is 1. The van der Waals surface area contributed by atoms with Crippen LogP contribution in [0.15, 0.2) is 77.9 Å². The number of nitrogens with zero attached hydrogens (tertiary/aromatic N) is 5. The van der Waals surface area contributed by atoms with E-state index in [9.17, 15) is 19.3 Å². The van der Waals surface area contributed by atoms with E-state index in [1.807, 2.05) is 30.3 Å². The fourth-order valence-corrected chi connectivity index (χ4v) is 4.88. The zero-order chi connectivity index (χ0) is 26.6. The number of nitro groups is 1. The molecular weight excluding hydrogens is 489 g/mol. The fraction of sp³-hybridized carbons (Fsp3) is 0.286. The number of nitro benzene ring substituents is 1. The van der Waals surface area contributed by atoms with Crippen molar-refractivity contribution in [1.29, 1.82) is 0 Å². The average Bonchev–Trinajstić information content (AvgIpc) is 3.39. The molecule has 1 fully saturated rings. The van der Waals surface area contributed by atoms with Crippen molar-refractivity contribution in [1.82, 2.24) is 9.91 Å². The van der Waals surface area contributed by atoms with Crippen LogP contribution in [0.2, 0.25) is 0 Å². The highest BCUT2D eigenvalue weighted by molar-refractivity contribution is 6.03. The van der Waals surface area contributed by atoms with Gasteiger partial charge in [0.25, 0.3) is 11.6 Å². The van der Waals surface area contributed by atoms with Gasteiger partial charge in [-0.3, -0.25) is 19.8 Å². The molecule has 196 valence electrons. The van der Waals surface area contributed by atoms with E-state index in [-0.39, 0.29) is 24.0 Å². The Morgan fingerprint density at radius 2 is 1.76 bits per heavy atom. The highest BCUT2D eigenvalue weighted by Gasteiger charge is 2.34. The van der Waals surface area contributed by atoms with Crippen LogP contribution in [0.3, 0.4) is 0 Å². The molecule has 0 unspecified atom stereocenters. The summed E-state index contributed by atoms with van der Waals surface area (Å²) in [5.41, 5.74) is 3.33. The molecule has 0 saturated carbocycles. The van der Waals surface area contributed by atoms with Crippen molar-refractivity contribution in [3.8, 4) is 5.75 Å². The Hall–Kier alpha value is -4.31. The number of hydrogen-bond donors (Lipinski definition) is 0. The van der Waals surface area contributed by atoms with E-state index in [0.717, 1.165) is 22.7 Å². The maximum Gasteiger partial charge on any atom is 0.269 e. The Morgan fingerprint density at radius 3 is 2.39 bits per heavy atom. The van der Waals surface area contributed by atoms with Crippen LogP contribution in [0.1, 0.15) is 23.6 Å². The quantitative estimate of drug-likeness (QED) is 0.344. The van der Waals surface area contributed by atoms with Crippen molar-refractivity contribution in [2.24, 2.45) is 5.10 Å². The van der Waals surface area contributed by atoms with Gasteiger partial charge in [0.1, 0.15) is 11.6 Å². The molecule has 9 nitrogen and oxygen atoms in total. The number of anilines is 1. The lowest BCUT2D eigenvalue weighted by Crippen LogP contribution is -2.49. The van der Waals surface area contributed by atoms with Gasteiger partial charge in [-0.05, 0) is 59.7 Å². The number of hydrazone groups is 1. The number of methoxy groups -OCH3 is 1. The number of rotatable bonds is 7. The molecule has 2 aliphatic rings. The summed E-state index contributed by atoms with van der Waals surface area (Å²) >= 11 is 0. The maximum absolute atomic E-state index is 14.1. The molecule has 3 aromatic rings. The largest absolute Gasteiger partial charge is 0.497 e. The van der Waals surface area contributed by atoms with Crippen molar-refractivity contribution < 1.29 is 18.8 Å². The molecule has 1 atom stereocenters. The number of piperazine rings is 1. The summed E-state index contributed by atoms with van der Waals surface area (Å²) in [5, 5.41) is 17.1. The Labute approximate surface area is 219 Å². The smallest absolute Gasteiger partial charge is 0.269 e. The van der Waals surface area contributed by atoms with Crippen LogP contribution in [-0.4, -0.2) is 66.3 Å². The van der Waals surface area contributed by atoms with Crippen molar-refractivity contribution in [3.05, 3.63) is 99.9 Å². The summed E-state index contributed by atoms with van der Waals surface area (Å²) < 4.78 is 19.3. The van der Waals surface area contributed by atoms with Crippen molar-refractivity contribution in [2.75, 3.05) is 44.7 Å². The lowest BCUT2D eigenvalue weighted by Gasteiger charge is -2.36. The van der Waals surface area contributed by atoms with Gasteiger partial charge in [0.05, 0.1) is 30.3 Å². The first-order valence-electron chi connectivity index (χ1n) is 12.4. The number of non-ortho nitro benzene ring substituents is 1. The second kappa shape index (κ2) is 11.0. The number of benzene rings is 3. The maximum atomic E-state index is 14.1. The number of amides is 1. The van der Waals surface area contributed by atoms with Gasteiger partial charge in [-0.25, -0.2) is 9.40 Å². The zero-order valence-corrected chi connectivity index (χ0v) is 21.0. The first-order chi connectivity index (χ1) is 18.4. The van der Waals surface area contributed by atoms with Gasteiger partial charge in [-0.1, -0.05) is 12.1 Å². The summed E-state index contributed by atoms with van der Waals surface area (Å²) in [7, 11) is 1.61. The molecule has 10 heteroatoms. The molecule has 0 spiro atoms. The molecule has 0 bridgehead atoms. The molecule has 0 aliphatic carbocycles. The van der Waals surface area contributed by atoms with Gasteiger partial charge in [0.2, 0.25) is 0 Å². The Kier molecular flexibility index (Phi) is 7.32. The van der Waals surface area contributed by atoms with Gasteiger partial charge in [0, 0.05) is 50.4 Å². The lowest BCUT2D eigenvalue weighted by molar-refractivity contribution is -0.384. The SMILES string of the molecule is COc1ccc(C2=NN(C(=O)CN3CCN(c4ccc([N+](=O)[O-])cc4)CC3)[C@@H](c3cccc(F)c3)C2)cc1. The Balaban J connectivity index is 1.28. The van der Waals surface area contributed by atoms with E-state index in [1.54, 1.807) is 25.3 Å². The normalized spacial score (nSPS) is 17.8. The molecule has 1 amide bonds.